The van der Waals surface area contributed by atoms with E-state index in [2.05, 4.69) is 27.0 Å². The third kappa shape index (κ3) is 4.70. The molecule has 0 N–H and O–H groups in total. The molecule has 1 spiro atoms. The predicted molar refractivity (Wildman–Crippen MR) is 194 cm³/mol. The summed E-state index contributed by atoms with van der Waals surface area (Å²) >= 11 is 0. The number of fused-ring (bicyclic) bond motifs is 20. The van der Waals surface area contributed by atoms with Gasteiger partial charge in [0.15, 0.2) is 27.6 Å². The number of aliphatic carboxylic acids is 3. The van der Waals surface area contributed by atoms with Crippen LogP contribution in [-0.4, -0.2) is 82.8 Å². The fourth-order valence-electron chi connectivity index (χ4n) is 10.9. The van der Waals surface area contributed by atoms with Crippen LogP contribution in [0.1, 0.15) is 0 Å². The van der Waals surface area contributed by atoms with Gasteiger partial charge in [0.1, 0.15) is 16.8 Å². The molecule has 0 aromatic carbocycles. The maximum atomic E-state index is 12.6. The van der Waals surface area contributed by atoms with Crippen molar-refractivity contribution >= 4 is 108 Å². The Bertz CT molecular complexity index is 4590. The number of carbonyl (C=O) groups excluding carboxylic acids is 3. The first-order valence-electron chi connectivity index (χ1n) is 18.9. The SMILES string of the molecule is [CH2-]n1c2c3n4c(c2n2ccnc12)=Nc1c2c(c5[n+]1[C@@]41n4c(c6c(c4N=c4c7c(c([n+]41)N=3)n1ccnc1n7CC(=O)[O-])n1ccnc1n6CC(=O)[O-])N=5)n1ccnc1n2CC(=O)[O-].[K+].[K+].[K+].[K+]. The van der Waals surface area contributed by atoms with Gasteiger partial charge in [-0.25, -0.2) is 19.5 Å². The number of carbonyl (C=O) groups is 3. The molecule has 16 heterocycles. The molecule has 0 saturated heterocycles. The molecule has 1 atom stereocenters. The molecule has 0 radical (unpaired) electrons. The van der Waals surface area contributed by atoms with Crippen LogP contribution in [0.15, 0.2) is 69.5 Å². The van der Waals surface area contributed by atoms with E-state index in [1.807, 2.05) is 22.7 Å². The Morgan fingerprint density at radius 2 is 0.924 bits per heavy atom. The Balaban J connectivity index is 0.00000114. The van der Waals surface area contributed by atoms with Crippen molar-refractivity contribution in [3.63, 3.8) is 0 Å². The summed E-state index contributed by atoms with van der Waals surface area (Å²) in [6.45, 7) is -1.80. The maximum Gasteiger partial charge on any atom is 1.00 e. The molecule has 0 saturated carbocycles. The first-order chi connectivity index (χ1) is 30.2. The van der Waals surface area contributed by atoms with Crippen molar-refractivity contribution in [3.8, 4) is 0 Å². The van der Waals surface area contributed by atoms with E-state index < -0.39 is 43.5 Å². The second kappa shape index (κ2) is 14.4. The van der Waals surface area contributed by atoms with Gasteiger partial charge < -0.3 is 38.7 Å². The quantitative estimate of drug-likeness (QED) is 0.0862. The fourth-order valence-corrected chi connectivity index (χ4v) is 10.9. The molecule has 12 aromatic rings. The molecule has 12 aromatic heterocycles. The molecule has 0 fully saturated rings. The van der Waals surface area contributed by atoms with E-state index in [0.29, 0.717) is 83.8 Å². The van der Waals surface area contributed by atoms with Crippen LogP contribution in [0, 0.1) is 7.05 Å². The number of nitrogens with zero attached hydrogens (tertiary/aromatic N) is 20. The van der Waals surface area contributed by atoms with Gasteiger partial charge in [-0.3, -0.25) is 31.9 Å². The minimum atomic E-state index is -1.72. The Morgan fingerprint density at radius 3 is 1.48 bits per heavy atom. The molecule has 0 aliphatic carbocycles. The average molecular weight is 981 g/mol. The zero-order valence-corrected chi connectivity index (χ0v) is 47.3. The summed E-state index contributed by atoms with van der Waals surface area (Å²) in [5, 5.41) is 37.7. The summed E-state index contributed by atoms with van der Waals surface area (Å²) in [7, 11) is 4.40. The molecular weight excluding hydrogens is 965 g/mol. The summed E-state index contributed by atoms with van der Waals surface area (Å²) in [6, 6.07) is 0. The van der Waals surface area contributed by atoms with E-state index in [1.165, 1.54) is 13.7 Å². The number of hydrogen-bond acceptors (Lipinski definition) is 14. The first kappa shape index (κ1) is 44.4. The molecule has 16 rings (SSSR count). The van der Waals surface area contributed by atoms with E-state index in [9.17, 15) is 29.7 Å². The van der Waals surface area contributed by atoms with Crippen LogP contribution >= 0.6 is 0 Å². The van der Waals surface area contributed by atoms with Crippen molar-refractivity contribution < 1.29 is 244 Å². The van der Waals surface area contributed by atoms with Gasteiger partial charge in [0.25, 0.3) is 22.6 Å². The van der Waals surface area contributed by atoms with Gasteiger partial charge in [0, 0.05) is 55.1 Å². The van der Waals surface area contributed by atoms with Crippen LogP contribution in [0.4, 0.5) is 23.3 Å². The van der Waals surface area contributed by atoms with E-state index in [4.69, 9.17) is 20.0 Å². The molecule has 26 nitrogen and oxygen atoms in total. The summed E-state index contributed by atoms with van der Waals surface area (Å²) in [6.07, 6.45) is 13.1. The van der Waals surface area contributed by atoms with Crippen LogP contribution in [0.2, 0.25) is 0 Å². The number of carboxylic acid groups (broad SMARTS) is 3. The normalized spacial score (nSPS) is 15.6. The fraction of sp³-hybridized carbons (Fsp3) is 0.111. The topological polar surface area (TPSA) is 276 Å². The van der Waals surface area contributed by atoms with Crippen molar-refractivity contribution in [1.82, 2.24) is 64.9 Å². The summed E-state index contributed by atoms with van der Waals surface area (Å²) in [5.74, 6) is -3.37. The summed E-state index contributed by atoms with van der Waals surface area (Å²) in [4.78, 5) is 77.5. The molecule has 66 heavy (non-hydrogen) atoms. The largest absolute Gasteiger partial charge is 1.00 e. The molecule has 298 valence electrons. The number of imidazole rings is 8. The molecule has 0 amide bonds. The zero-order chi connectivity index (χ0) is 41.1. The van der Waals surface area contributed by atoms with E-state index >= 15 is 0 Å². The van der Waals surface area contributed by atoms with E-state index in [-0.39, 0.29) is 234 Å². The minimum Gasteiger partial charge on any atom is -0.548 e. The Kier molecular flexibility index (Phi) is 9.68. The number of carboxylic acids is 3. The third-order valence-electron chi connectivity index (χ3n) is 12.7. The first-order valence-corrected chi connectivity index (χ1v) is 18.9. The summed E-state index contributed by atoms with van der Waals surface area (Å²) < 4.78 is 20.8. The molecular formula is C36H16K4N20O6+2. The number of hydrogen-bond donors (Lipinski definition) is 0. The molecule has 0 bridgehead atoms. The molecule has 4 aliphatic heterocycles. The number of aromatic nitrogens is 16. The summed E-state index contributed by atoms with van der Waals surface area (Å²) in [5.41, 5.74) is 4.80. The van der Waals surface area contributed by atoms with Crippen molar-refractivity contribution in [3.05, 3.63) is 78.6 Å². The van der Waals surface area contributed by atoms with Gasteiger partial charge in [-0.2, -0.15) is 4.57 Å². The van der Waals surface area contributed by atoms with Gasteiger partial charge in [-0.15, -0.1) is 16.2 Å². The molecule has 30 heteroatoms. The smallest absolute Gasteiger partial charge is 0.548 e. The van der Waals surface area contributed by atoms with Crippen molar-refractivity contribution in [2.24, 2.45) is 20.0 Å². The van der Waals surface area contributed by atoms with Crippen LogP contribution < -0.4 is 252 Å². The van der Waals surface area contributed by atoms with Crippen molar-refractivity contribution in [1.29, 1.82) is 0 Å². The Morgan fingerprint density at radius 1 is 0.500 bits per heavy atom. The molecule has 0 unspecified atom stereocenters. The van der Waals surface area contributed by atoms with E-state index in [0.717, 1.165) is 0 Å². The van der Waals surface area contributed by atoms with Gasteiger partial charge in [-0.1, -0.05) is 20.0 Å². The van der Waals surface area contributed by atoms with Crippen LogP contribution in [0.25, 0.3) is 67.2 Å². The molecule has 4 aliphatic rings. The monoisotopic (exact) mass is 980 g/mol. The maximum absolute atomic E-state index is 12.6. The second-order valence-corrected chi connectivity index (χ2v) is 15.5. The third-order valence-corrected chi connectivity index (χ3v) is 12.7. The van der Waals surface area contributed by atoms with E-state index in [1.54, 1.807) is 67.3 Å². The van der Waals surface area contributed by atoms with Gasteiger partial charge in [0.05, 0.1) is 43.1 Å². The van der Waals surface area contributed by atoms with Crippen LogP contribution in [0.5, 0.6) is 0 Å². The number of rotatable bonds is 6. The van der Waals surface area contributed by atoms with Gasteiger partial charge >= 0.3 is 211 Å². The minimum absolute atomic E-state index is 0. The second-order valence-electron chi connectivity index (χ2n) is 15.5. The zero-order valence-electron chi connectivity index (χ0n) is 34.8. The van der Waals surface area contributed by atoms with Crippen molar-refractivity contribution in [2.45, 2.75) is 25.5 Å². The van der Waals surface area contributed by atoms with Crippen molar-refractivity contribution in [2.75, 3.05) is 0 Å². The van der Waals surface area contributed by atoms with Gasteiger partial charge in [0.2, 0.25) is 34.5 Å². The van der Waals surface area contributed by atoms with Gasteiger partial charge in [-0.05, 0) is 0 Å². The Labute approximate surface area is 531 Å². The predicted octanol–water partition coefficient (Wildman–Crippen LogP) is -18.1. The van der Waals surface area contributed by atoms with Crippen LogP contribution in [-0.2, 0) is 39.9 Å². The Hall–Kier alpha value is -2.81. The van der Waals surface area contributed by atoms with Crippen LogP contribution in [0.3, 0.4) is 0 Å². The standard InChI is InChI=1S/C36H18N20O6.4K/c1-45-16-17(46-6-2-37-32(45)46)25-42-29-22-19(48-8-4-39-34(48)51(22)11-14(59)60)27-44-31-23-20(49-9-5-40-35(49)52(23)12-15(61)62)28-43-30-21-18(47-7-3-38-33(47)50(21)10-13(57)58)26-41-24(16)53(25)36(54(26)30,55(27)29)56(28)31;;;;/h2-9H,1,10-12H2,(H2-,57,58,59,60,61,62);;;;/q;4*+1/p-2/t36-;;;;/m1..../s1. The average Bonchev–Trinajstić information content (AvgIpc) is 4.07.